The first-order valence-corrected chi connectivity index (χ1v) is 46.9. The summed E-state index contributed by atoms with van der Waals surface area (Å²) in [4.78, 5) is 110. The predicted molar refractivity (Wildman–Crippen MR) is 484 cm³/mol. The van der Waals surface area contributed by atoms with Gasteiger partial charge in [-0.05, 0) is 118 Å². The van der Waals surface area contributed by atoms with Crippen LogP contribution in [-0.4, -0.2) is 188 Å². The number of alkyl halides is 1. The van der Waals surface area contributed by atoms with Crippen LogP contribution in [0.2, 0.25) is 5.02 Å². The maximum Gasteiger partial charge on any atom is 0.333 e. The molecule has 1 saturated heterocycles. The first kappa shape index (κ1) is 104. The molecule has 0 unspecified atom stereocenters. The number of rotatable bonds is 27. The fourth-order valence-corrected chi connectivity index (χ4v) is 16.8. The number of carbonyl (C=O) groups is 8. The lowest BCUT2D eigenvalue weighted by atomic mass is 9.92. The third kappa shape index (κ3) is 26.9. The van der Waals surface area contributed by atoms with Crippen molar-refractivity contribution in [2.45, 2.75) is 204 Å². The molecule has 0 aliphatic carbocycles. The Hall–Kier alpha value is -12.3. The summed E-state index contributed by atoms with van der Waals surface area (Å²) in [5, 5.41) is 27.5. The summed E-state index contributed by atoms with van der Waals surface area (Å²) in [6.45, 7) is 48.4. The van der Waals surface area contributed by atoms with Gasteiger partial charge in [0.2, 0.25) is 0 Å². The van der Waals surface area contributed by atoms with Crippen molar-refractivity contribution in [1.82, 2.24) is 78.0 Å². The van der Waals surface area contributed by atoms with Crippen molar-refractivity contribution in [2.24, 2.45) is 28.2 Å². The van der Waals surface area contributed by atoms with Gasteiger partial charge in [0.25, 0.3) is 77.1 Å². The van der Waals surface area contributed by atoms with Crippen LogP contribution >= 0.6 is 11.6 Å². The van der Waals surface area contributed by atoms with E-state index in [0.29, 0.717) is 27.8 Å². The number of nitrogens with zero attached hydrogens (tertiary/aromatic N) is 13. The van der Waals surface area contributed by atoms with Crippen LogP contribution in [0.1, 0.15) is 258 Å². The molecule has 8 aromatic rings. The molecular formula is C84H114ClFN22O16S4. The quantitative estimate of drug-likeness (QED) is 0.0216. The number of hydrogen-bond acceptors (Lipinski definition) is 20. The van der Waals surface area contributed by atoms with Crippen LogP contribution in [0.4, 0.5) is 46.3 Å². The van der Waals surface area contributed by atoms with E-state index < -0.39 is 114 Å². The van der Waals surface area contributed by atoms with Crippen molar-refractivity contribution >= 4 is 122 Å². The monoisotopic (exact) mass is 1870 g/mol. The molecule has 5 heterocycles. The van der Waals surface area contributed by atoms with E-state index >= 15 is 0 Å². The van der Waals surface area contributed by atoms with Crippen LogP contribution in [0.25, 0.3) is 9.69 Å². The van der Waals surface area contributed by atoms with Gasteiger partial charge in [0.15, 0.2) is 20.1 Å². The van der Waals surface area contributed by atoms with Crippen LogP contribution in [0.5, 0.6) is 0 Å². The number of halogens is 2. The Bertz CT molecular complexity index is 5930. The Morgan fingerprint density at radius 3 is 0.883 bits per heavy atom. The molecule has 694 valence electrons. The van der Waals surface area contributed by atoms with Crippen LogP contribution in [0.3, 0.4) is 0 Å². The number of carbonyl (C=O) groups excluding carboxylic acids is 8. The highest BCUT2D eigenvalue weighted by atomic mass is 35.5. The molecule has 0 saturated carbocycles. The van der Waals surface area contributed by atoms with Crippen molar-refractivity contribution in [2.75, 3.05) is 61.8 Å². The molecule has 1 fully saturated rings. The van der Waals surface area contributed by atoms with Gasteiger partial charge in [0.1, 0.15) is 28.9 Å². The van der Waals surface area contributed by atoms with Gasteiger partial charge < -0.3 is 31.5 Å². The number of anilines is 4. The molecule has 0 radical (unpaired) electrons. The zero-order valence-electron chi connectivity index (χ0n) is 76.0. The van der Waals surface area contributed by atoms with E-state index in [9.17, 15) is 76.4 Å². The number of urea groups is 4. The average Bonchev–Trinajstić information content (AvgIpc) is 0.946. The van der Waals surface area contributed by atoms with E-state index in [-0.39, 0.29) is 103 Å². The second kappa shape index (κ2) is 43.9. The summed E-state index contributed by atoms with van der Waals surface area (Å²) in [5.74, 6) is -1.39. The van der Waals surface area contributed by atoms with E-state index in [2.05, 4.69) is 56.7 Å². The van der Waals surface area contributed by atoms with Gasteiger partial charge in [0.05, 0.1) is 13.1 Å². The lowest BCUT2D eigenvalue weighted by molar-refractivity contribution is 0.0389. The molecule has 0 spiro atoms. The summed E-state index contributed by atoms with van der Waals surface area (Å²) in [6, 6.07) is 21.0. The number of aryl methyl sites for hydroxylation is 4. The van der Waals surface area contributed by atoms with Gasteiger partial charge in [-0.1, -0.05) is 177 Å². The highest BCUT2D eigenvalue weighted by Crippen LogP contribution is 2.38. The van der Waals surface area contributed by atoms with Crippen molar-refractivity contribution < 1.29 is 76.4 Å². The third-order valence-electron chi connectivity index (χ3n) is 19.6. The van der Waals surface area contributed by atoms with E-state index in [4.69, 9.17) is 24.7 Å². The lowest BCUT2D eigenvalue weighted by Crippen LogP contribution is -2.51. The van der Waals surface area contributed by atoms with Crippen LogP contribution < -0.4 is 45.5 Å². The molecular weight excluding hydrogens is 1760 g/mol. The smallest absolute Gasteiger partial charge is 0.333 e. The second-order valence-electron chi connectivity index (χ2n) is 32.9. The Morgan fingerprint density at radius 1 is 0.406 bits per heavy atom. The third-order valence-corrected chi connectivity index (χ3v) is 24.6. The van der Waals surface area contributed by atoms with Gasteiger partial charge in [-0.3, -0.25) is 57.4 Å². The fourth-order valence-electron chi connectivity index (χ4n) is 13.0. The Labute approximate surface area is 752 Å². The molecule has 128 heavy (non-hydrogen) atoms. The molecule has 0 atom stereocenters. The molecule has 1 aliphatic heterocycles. The highest BCUT2D eigenvalue weighted by molar-refractivity contribution is 7.90. The van der Waals surface area contributed by atoms with E-state index in [1.165, 1.54) is 47.2 Å². The molecule has 0 bridgehead atoms. The zero-order chi connectivity index (χ0) is 96.6. The number of sulfonamides is 4. The number of amides is 12. The number of aromatic nitrogens is 8. The topological polar surface area (TPSA) is 471 Å². The van der Waals surface area contributed by atoms with Crippen molar-refractivity contribution in [3.63, 3.8) is 0 Å². The number of para-hydroxylation sites is 3. The minimum atomic E-state index is -4.38. The maximum atomic E-state index is 13.1. The average molecular weight is 1870 g/mol. The normalized spacial score (nSPS) is 12.3. The first-order chi connectivity index (χ1) is 59.4. The molecule has 9 N–H and O–H groups in total. The van der Waals surface area contributed by atoms with Crippen molar-refractivity contribution in [3.8, 4) is 0 Å². The maximum absolute atomic E-state index is 13.1. The molecule has 38 nitrogen and oxygen atoms in total. The first-order valence-electron chi connectivity index (χ1n) is 40.5. The summed E-state index contributed by atoms with van der Waals surface area (Å²) in [6.07, 6.45) is -1.08. The predicted octanol–water partition coefficient (Wildman–Crippen LogP) is 13.2. The molecule has 1 aliphatic rings. The van der Waals surface area contributed by atoms with Gasteiger partial charge in [0, 0.05) is 100 Å². The van der Waals surface area contributed by atoms with Crippen LogP contribution in [0, 0.1) is 13.1 Å². The summed E-state index contributed by atoms with van der Waals surface area (Å²) in [5.41, 5.74) is 9.13. The largest absolute Gasteiger partial charge is 0.349 e. The van der Waals surface area contributed by atoms with Crippen molar-refractivity contribution in [1.29, 1.82) is 0 Å². The number of hydrogen-bond donors (Lipinski definition) is 9. The van der Waals surface area contributed by atoms with Crippen molar-refractivity contribution in [3.05, 3.63) is 186 Å². The number of nitrogens with one attached hydrogen (secondary N) is 9. The second-order valence-corrected chi connectivity index (χ2v) is 39.8. The van der Waals surface area contributed by atoms with Gasteiger partial charge in [-0.25, -0.2) is 55.6 Å². The fraction of sp³-hybridized carbons (Fsp3) is 0.452. The van der Waals surface area contributed by atoms with E-state index in [0.717, 1.165) is 97.3 Å². The van der Waals surface area contributed by atoms with Gasteiger partial charge in [-0.15, -0.1) is 0 Å². The Kier molecular flexibility index (Phi) is 35.8. The minimum absolute atomic E-state index is 0.00932. The molecule has 4 aromatic carbocycles. The Balaban J connectivity index is 0.000000263. The molecule has 4 aromatic heterocycles. The standard InChI is InChI=1S/C21H27ClN6O4S.C21H28FN5O4S.C21H28N6O4S.C21H31N5O4S/c1-12(2)15-8-14(22)9-16(13(3)4)19(15)24-21(30)26-33(31,32)18-10-17(28(7)25-18)20(29)27(6)11-23-5;1-12(2)15-7-6-8-16(13(3)4)19(15)23-21(29)25-32(30,31)18-9-17(26(5)24-18)20(28)27-10-14(22)11-27;1-13(2)15-9-8-10-16(14(3)4)19(15)23-21(29)25-32(30,31)18-11-17(27(7)24-18)20(28)26(6)12-22-5;1-12(2)15-9-8-10-16(13(3)4)19(15)23-21(28)25-31(29,30)18-11-17(26(7)24-18)20(27)22-14(5)6/h8-10,12-13H,11H2,1-4,6-7H3,(H2,24,26,30);6-9,12-14H,10-11H2,1-5H3,(H2,23,25,29);8-11,13-14H,12H2,1-4,6-7H3,(H2,23,25,29);8-14H,1-7H3,(H,22,27)(H2,23,25,28). The minimum Gasteiger partial charge on any atom is -0.349 e. The highest BCUT2D eigenvalue weighted by Gasteiger charge is 2.36. The molecule has 44 heteroatoms. The van der Waals surface area contributed by atoms with Crippen LogP contribution in [-0.2, 0) is 68.3 Å². The Morgan fingerprint density at radius 2 is 0.641 bits per heavy atom. The molecule has 12 amide bonds. The lowest BCUT2D eigenvalue weighted by Gasteiger charge is -2.34. The van der Waals surface area contributed by atoms with E-state index in [1.807, 2.05) is 184 Å². The van der Waals surface area contributed by atoms with Gasteiger partial charge >= 0.3 is 24.1 Å². The summed E-state index contributed by atoms with van der Waals surface area (Å²) in [7, 11) is -8.84. The summed E-state index contributed by atoms with van der Waals surface area (Å²) >= 11 is 6.24. The number of benzene rings is 4. The van der Waals surface area contributed by atoms with Gasteiger partial charge in [-0.2, -0.15) is 54.1 Å². The van der Waals surface area contributed by atoms with Crippen LogP contribution in [0.15, 0.2) is 111 Å². The summed E-state index contributed by atoms with van der Waals surface area (Å²) < 4.78 is 127. The number of likely N-dealkylation sites (tertiary alicyclic amines) is 1. The molecule has 9 rings (SSSR count). The SMILES string of the molecule is CC(C)NC(=O)c1cc(S(=O)(=O)NC(=O)Nc2c(C(C)C)cccc2C(C)C)nn1C.CC(C)c1cccc(C(C)C)c1NC(=O)NS(=O)(=O)c1cc(C(=O)N2CC(F)C2)n(C)n1.[C-]#[N+]CN(C)C(=O)c1cc(S(=O)(=O)NC(=O)Nc2c(C(C)C)cc(Cl)cc2C(C)C)nn1C.[C-]#[N+]CN(C)C(=O)c1cc(S(=O)(=O)NC(=O)Nc2c(C(C)C)cccc2C(C)C)nn1C. The zero-order valence-corrected chi connectivity index (χ0v) is 80.0. The van der Waals surface area contributed by atoms with E-state index in [1.54, 1.807) is 26.0 Å².